The molecule has 5 rings (SSSR count). The average molecular weight is 498 g/mol. The van der Waals surface area contributed by atoms with Crippen molar-refractivity contribution in [2.75, 3.05) is 4.90 Å². The fourth-order valence-electron chi connectivity index (χ4n) is 4.39. The number of nitrogens with zero attached hydrogens (tertiary/aromatic N) is 3. The third-order valence-electron chi connectivity index (χ3n) is 5.98. The Labute approximate surface area is 209 Å². The van der Waals surface area contributed by atoms with E-state index in [0.29, 0.717) is 0 Å². The zero-order valence-electron chi connectivity index (χ0n) is 19.3. The first-order valence-electron chi connectivity index (χ1n) is 11.4. The summed E-state index contributed by atoms with van der Waals surface area (Å²) in [6.45, 7) is 0.550. The van der Waals surface area contributed by atoms with E-state index in [4.69, 9.17) is 0 Å². The zero-order chi connectivity index (χ0) is 25.1. The molecule has 5 aromatic rings. The van der Waals surface area contributed by atoms with Gasteiger partial charge in [-0.3, -0.25) is 10.1 Å². The normalized spacial score (nSPS) is 11.4. The summed E-state index contributed by atoms with van der Waals surface area (Å²) in [5.41, 5.74) is 1.82. The van der Waals surface area contributed by atoms with Gasteiger partial charge in [0.2, 0.25) is 5.82 Å². The molecule has 0 aliphatic heterocycles. The van der Waals surface area contributed by atoms with Crippen LogP contribution in [0.4, 0.5) is 11.5 Å². The maximum Gasteiger partial charge on any atom is 0.320 e. The molecule has 4 aromatic carbocycles. The summed E-state index contributed by atoms with van der Waals surface area (Å²) in [5.74, 6) is 0.0257. The highest BCUT2D eigenvalue weighted by atomic mass is 32.2. The van der Waals surface area contributed by atoms with Crippen LogP contribution in [0.2, 0.25) is 0 Å². The highest BCUT2D eigenvalue weighted by molar-refractivity contribution is 7.90. The molecular weight excluding hydrogens is 474 g/mol. The number of hydrogen-bond acceptors (Lipinski definition) is 5. The van der Waals surface area contributed by atoms with E-state index < -0.39 is 14.9 Å². The third kappa shape index (κ3) is 4.34. The minimum Gasteiger partial charge on any atom is -0.343 e. The van der Waals surface area contributed by atoms with Gasteiger partial charge < -0.3 is 4.90 Å². The molecule has 0 bridgehead atoms. The molecule has 36 heavy (non-hydrogen) atoms. The molecule has 0 radical (unpaired) electrons. The van der Waals surface area contributed by atoms with Crippen molar-refractivity contribution in [2.45, 2.75) is 18.0 Å². The lowest BCUT2D eigenvalue weighted by Crippen LogP contribution is -2.28. The lowest BCUT2D eigenvalue weighted by Gasteiger charge is -2.26. The van der Waals surface area contributed by atoms with E-state index in [-0.39, 0.29) is 40.4 Å². The second kappa shape index (κ2) is 9.67. The van der Waals surface area contributed by atoms with Crippen molar-refractivity contribution in [2.24, 2.45) is 0 Å². The van der Waals surface area contributed by atoms with E-state index in [9.17, 15) is 18.5 Å². The topological polar surface area (TPSA) is 85.4 Å². The Morgan fingerprint density at radius 2 is 1.17 bits per heavy atom. The minimum absolute atomic E-state index is 0.0257. The van der Waals surface area contributed by atoms with Crippen LogP contribution in [0, 0.1) is 10.1 Å². The lowest BCUT2D eigenvalue weighted by molar-refractivity contribution is -0.382. The summed E-state index contributed by atoms with van der Waals surface area (Å²) >= 11 is 0. The van der Waals surface area contributed by atoms with Gasteiger partial charge in [0.05, 0.1) is 20.7 Å². The number of aromatic nitrogens is 1. The molecule has 0 atom stereocenters. The van der Waals surface area contributed by atoms with Gasteiger partial charge in [0.25, 0.3) is 10.0 Å². The van der Waals surface area contributed by atoms with Crippen LogP contribution < -0.4 is 4.90 Å². The minimum atomic E-state index is -4.17. The fraction of sp³-hybridized carbons (Fsp3) is 0.0714. The van der Waals surface area contributed by atoms with Crippen LogP contribution in [0.25, 0.3) is 10.9 Å². The van der Waals surface area contributed by atoms with Gasteiger partial charge in [-0.25, -0.2) is 12.4 Å². The van der Waals surface area contributed by atoms with Crippen molar-refractivity contribution in [1.29, 1.82) is 0 Å². The Kier molecular flexibility index (Phi) is 6.26. The number of benzene rings is 4. The monoisotopic (exact) mass is 497 g/mol. The van der Waals surface area contributed by atoms with E-state index in [2.05, 4.69) is 0 Å². The Morgan fingerprint density at radius 1 is 0.694 bits per heavy atom. The number of hydrogen-bond donors (Lipinski definition) is 0. The van der Waals surface area contributed by atoms with Crippen molar-refractivity contribution in [3.63, 3.8) is 0 Å². The smallest absolute Gasteiger partial charge is 0.320 e. The number of nitro groups is 1. The van der Waals surface area contributed by atoms with Gasteiger partial charge in [-0.15, -0.1) is 0 Å². The molecule has 0 fully saturated rings. The molecule has 8 heteroatoms. The number of anilines is 1. The van der Waals surface area contributed by atoms with E-state index in [0.717, 1.165) is 15.1 Å². The number of para-hydroxylation sites is 1. The summed E-state index contributed by atoms with van der Waals surface area (Å²) in [7, 11) is -4.17. The van der Waals surface area contributed by atoms with Gasteiger partial charge in [-0.05, 0) is 35.4 Å². The molecule has 7 nitrogen and oxygen atoms in total. The Morgan fingerprint density at radius 3 is 1.69 bits per heavy atom. The van der Waals surface area contributed by atoms with Crippen LogP contribution in [0.15, 0.2) is 120 Å². The maximum absolute atomic E-state index is 14.0. The molecule has 0 spiro atoms. The fourth-order valence-corrected chi connectivity index (χ4v) is 5.95. The van der Waals surface area contributed by atoms with Crippen LogP contribution in [0.3, 0.4) is 0 Å². The third-order valence-corrected chi connectivity index (χ3v) is 7.70. The molecule has 0 saturated heterocycles. The van der Waals surface area contributed by atoms with Gasteiger partial charge in [-0.2, -0.15) is 0 Å². The maximum atomic E-state index is 14.0. The van der Waals surface area contributed by atoms with Crippen LogP contribution >= 0.6 is 0 Å². The first-order chi connectivity index (χ1) is 17.5. The summed E-state index contributed by atoms with van der Waals surface area (Å²) < 4.78 is 29.2. The SMILES string of the molecule is O=[N+]([O-])c1c(N(Cc2ccccc2)Cc2ccccc2)n(S(=O)(=O)c2ccccc2)c2ccccc12. The highest BCUT2D eigenvalue weighted by Gasteiger charge is 2.36. The predicted molar refractivity (Wildman–Crippen MR) is 140 cm³/mol. The Balaban J connectivity index is 1.82. The van der Waals surface area contributed by atoms with Gasteiger partial charge in [0.15, 0.2) is 0 Å². The van der Waals surface area contributed by atoms with Crippen LogP contribution in [-0.4, -0.2) is 17.3 Å². The van der Waals surface area contributed by atoms with Crippen molar-refractivity contribution in [3.05, 3.63) is 137 Å². The molecular formula is C28H23N3O4S. The number of rotatable bonds is 8. The molecule has 0 amide bonds. The van der Waals surface area contributed by atoms with Crippen LogP contribution in [0.1, 0.15) is 11.1 Å². The van der Waals surface area contributed by atoms with Crippen molar-refractivity contribution >= 4 is 32.4 Å². The van der Waals surface area contributed by atoms with Gasteiger partial charge in [0.1, 0.15) is 0 Å². The van der Waals surface area contributed by atoms with E-state index in [1.54, 1.807) is 47.4 Å². The van der Waals surface area contributed by atoms with Crippen molar-refractivity contribution in [3.8, 4) is 0 Å². The summed E-state index contributed by atoms with van der Waals surface area (Å²) in [6.07, 6.45) is 0. The van der Waals surface area contributed by atoms with E-state index >= 15 is 0 Å². The van der Waals surface area contributed by atoms with Crippen LogP contribution in [0.5, 0.6) is 0 Å². The van der Waals surface area contributed by atoms with Gasteiger partial charge >= 0.3 is 5.69 Å². The quantitative estimate of drug-likeness (QED) is 0.194. The molecule has 180 valence electrons. The van der Waals surface area contributed by atoms with Gasteiger partial charge in [-0.1, -0.05) is 91.0 Å². The Hall–Kier alpha value is -4.43. The average Bonchev–Trinajstić information content (AvgIpc) is 3.26. The molecule has 0 aliphatic rings. The van der Waals surface area contributed by atoms with Crippen molar-refractivity contribution < 1.29 is 13.3 Å². The molecule has 0 N–H and O–H groups in total. The Bertz CT molecular complexity index is 1580. The molecule has 0 saturated carbocycles. The largest absolute Gasteiger partial charge is 0.343 e. The van der Waals surface area contributed by atoms with Crippen LogP contribution in [-0.2, 0) is 23.1 Å². The highest BCUT2D eigenvalue weighted by Crippen LogP contribution is 2.42. The predicted octanol–water partition coefficient (Wildman–Crippen LogP) is 5.99. The summed E-state index contributed by atoms with van der Waals surface area (Å²) in [6, 6.07) is 33.6. The zero-order valence-corrected chi connectivity index (χ0v) is 20.1. The first-order valence-corrected chi connectivity index (χ1v) is 12.8. The second-order valence-corrected chi connectivity index (χ2v) is 10.1. The van der Waals surface area contributed by atoms with E-state index in [1.807, 2.05) is 60.7 Å². The first kappa shape index (κ1) is 23.3. The van der Waals surface area contributed by atoms with E-state index in [1.165, 1.54) is 12.1 Å². The van der Waals surface area contributed by atoms with Crippen molar-refractivity contribution in [1.82, 2.24) is 3.97 Å². The lowest BCUT2D eigenvalue weighted by atomic mass is 10.1. The standard InChI is InChI=1S/C28H23N3O4S/c32-31(33)27-25-18-10-11-19-26(25)30(36(34,35)24-16-8-3-9-17-24)28(27)29(20-22-12-4-1-5-13-22)21-23-14-6-2-7-15-23/h1-19H,20-21H2. The summed E-state index contributed by atoms with van der Waals surface area (Å²) in [5, 5.41) is 12.8. The molecule has 1 heterocycles. The molecule has 1 aromatic heterocycles. The van der Waals surface area contributed by atoms with Gasteiger partial charge in [0, 0.05) is 13.1 Å². The number of fused-ring (bicyclic) bond motifs is 1. The molecule has 0 unspecified atom stereocenters. The summed E-state index contributed by atoms with van der Waals surface area (Å²) in [4.78, 5) is 13.8. The molecule has 0 aliphatic carbocycles. The second-order valence-electron chi connectivity index (χ2n) is 8.36.